The summed E-state index contributed by atoms with van der Waals surface area (Å²) in [5.41, 5.74) is 0.291. The van der Waals surface area contributed by atoms with Gasteiger partial charge in [0.1, 0.15) is 0 Å². The van der Waals surface area contributed by atoms with Crippen LogP contribution in [0.3, 0.4) is 0 Å². The number of ether oxygens (including phenoxy) is 1. The van der Waals surface area contributed by atoms with Gasteiger partial charge in [0.15, 0.2) is 5.11 Å². The zero-order valence-electron chi connectivity index (χ0n) is 19.0. The molecule has 0 atom stereocenters. The SMILES string of the molecule is O=C(Nc1ccc([N+](=O)[O-])cc1)Nc1nc(NC(=S)NCCc2cccs2)nc(N2CCOCC2)n1. The van der Waals surface area contributed by atoms with E-state index in [9.17, 15) is 14.9 Å². The summed E-state index contributed by atoms with van der Waals surface area (Å²) in [4.78, 5) is 39.1. The van der Waals surface area contributed by atoms with E-state index in [1.54, 1.807) is 11.3 Å². The number of morpholine rings is 1. The average molecular weight is 530 g/mol. The second-order valence-electron chi connectivity index (χ2n) is 7.48. The number of urea groups is 1. The topological polar surface area (TPSA) is 159 Å². The van der Waals surface area contributed by atoms with E-state index >= 15 is 0 Å². The van der Waals surface area contributed by atoms with Gasteiger partial charge in [0, 0.05) is 42.3 Å². The monoisotopic (exact) mass is 529 g/mol. The zero-order valence-corrected chi connectivity index (χ0v) is 20.6. The molecule has 36 heavy (non-hydrogen) atoms. The van der Waals surface area contributed by atoms with Crippen molar-refractivity contribution < 1.29 is 14.5 Å². The first-order valence-corrected chi connectivity index (χ1v) is 12.2. The molecule has 13 nitrogen and oxygen atoms in total. The Bertz CT molecular complexity index is 1200. The van der Waals surface area contributed by atoms with Crippen LogP contribution in [-0.4, -0.2) is 63.9 Å². The molecule has 2 aromatic heterocycles. The van der Waals surface area contributed by atoms with Crippen LogP contribution in [-0.2, 0) is 11.2 Å². The Morgan fingerprint density at radius 3 is 2.47 bits per heavy atom. The molecule has 1 aromatic carbocycles. The molecule has 0 saturated carbocycles. The highest BCUT2D eigenvalue weighted by Crippen LogP contribution is 2.17. The molecule has 2 amide bonds. The van der Waals surface area contributed by atoms with Crippen LogP contribution in [0.15, 0.2) is 41.8 Å². The number of aromatic nitrogens is 3. The third-order valence-electron chi connectivity index (χ3n) is 4.94. The zero-order chi connectivity index (χ0) is 25.3. The van der Waals surface area contributed by atoms with Crippen molar-refractivity contribution in [2.45, 2.75) is 6.42 Å². The predicted octanol–water partition coefficient (Wildman–Crippen LogP) is 2.85. The minimum atomic E-state index is -0.620. The van der Waals surface area contributed by atoms with E-state index in [0.29, 0.717) is 49.6 Å². The number of non-ortho nitro benzene ring substituents is 1. The molecule has 4 N–H and O–H groups in total. The number of nitro benzene ring substituents is 1. The van der Waals surface area contributed by atoms with Gasteiger partial charge in [-0.1, -0.05) is 6.07 Å². The van der Waals surface area contributed by atoms with Gasteiger partial charge in [-0.15, -0.1) is 11.3 Å². The number of nitro groups is 1. The second-order valence-corrected chi connectivity index (χ2v) is 8.92. The van der Waals surface area contributed by atoms with E-state index in [2.05, 4.69) is 42.3 Å². The van der Waals surface area contributed by atoms with Crippen molar-refractivity contribution in [3.05, 3.63) is 56.8 Å². The maximum Gasteiger partial charge on any atom is 0.326 e. The maximum atomic E-state index is 12.5. The van der Waals surface area contributed by atoms with Crippen LogP contribution >= 0.6 is 23.6 Å². The number of carbonyl (C=O) groups is 1. The van der Waals surface area contributed by atoms with Crippen LogP contribution in [0.5, 0.6) is 0 Å². The Labute approximate surface area is 215 Å². The number of carbonyl (C=O) groups excluding carboxylic acids is 1. The van der Waals surface area contributed by atoms with Gasteiger partial charge < -0.3 is 25.6 Å². The average Bonchev–Trinajstić information content (AvgIpc) is 3.38. The molecule has 4 rings (SSSR count). The molecule has 0 radical (unpaired) electrons. The molecule has 1 fully saturated rings. The van der Waals surface area contributed by atoms with Crippen LogP contribution in [0, 0.1) is 10.1 Å². The summed E-state index contributed by atoms with van der Waals surface area (Å²) >= 11 is 7.05. The summed E-state index contributed by atoms with van der Waals surface area (Å²) in [5, 5.41) is 24.4. The number of nitrogens with zero attached hydrogens (tertiary/aromatic N) is 5. The van der Waals surface area contributed by atoms with E-state index in [4.69, 9.17) is 17.0 Å². The van der Waals surface area contributed by atoms with Gasteiger partial charge in [0.05, 0.1) is 18.1 Å². The van der Waals surface area contributed by atoms with Gasteiger partial charge in [-0.3, -0.25) is 15.4 Å². The molecule has 1 saturated heterocycles. The standard InChI is InChI=1S/C21H23N9O4S2/c31-20(23-14-3-5-15(6-4-14)30(32)33)27-17-24-18(26-19(25-17)29-9-11-34-12-10-29)28-21(35)22-8-7-16-2-1-13-36-16/h1-6,13H,7-12H2,(H4,22,23,24,25,26,27,28,31,35). The number of benzene rings is 1. The molecule has 0 unspecified atom stereocenters. The highest BCUT2D eigenvalue weighted by atomic mass is 32.1. The number of amides is 2. The molecule has 1 aliphatic rings. The smallest absolute Gasteiger partial charge is 0.326 e. The molecule has 3 heterocycles. The lowest BCUT2D eigenvalue weighted by atomic mass is 10.3. The quantitative estimate of drug-likeness (QED) is 0.193. The molecule has 15 heteroatoms. The lowest BCUT2D eigenvalue weighted by molar-refractivity contribution is -0.384. The molecule has 188 valence electrons. The van der Waals surface area contributed by atoms with Crippen LogP contribution in [0.4, 0.5) is 34.0 Å². The first-order chi connectivity index (χ1) is 17.5. The van der Waals surface area contributed by atoms with Gasteiger partial charge in [-0.2, -0.15) is 15.0 Å². The fraction of sp³-hybridized carbons (Fsp3) is 0.286. The van der Waals surface area contributed by atoms with Crippen LogP contribution in [0.1, 0.15) is 4.88 Å². The number of thiophene rings is 1. The molecule has 1 aliphatic heterocycles. The van der Waals surface area contributed by atoms with Crippen molar-refractivity contribution in [2.75, 3.05) is 53.7 Å². The van der Waals surface area contributed by atoms with Crippen molar-refractivity contribution in [3.8, 4) is 0 Å². The van der Waals surface area contributed by atoms with Crippen molar-refractivity contribution >= 4 is 63.9 Å². The molecular formula is C21H23N9O4S2. The van der Waals surface area contributed by atoms with Gasteiger partial charge in [-0.25, -0.2) is 4.79 Å². The number of thiocarbonyl (C=S) groups is 1. The second kappa shape index (κ2) is 12.1. The fourth-order valence-electron chi connectivity index (χ4n) is 3.21. The highest BCUT2D eigenvalue weighted by molar-refractivity contribution is 7.80. The molecule has 0 bridgehead atoms. The van der Waals surface area contributed by atoms with Crippen LogP contribution in [0.25, 0.3) is 0 Å². The summed E-state index contributed by atoms with van der Waals surface area (Å²) in [6, 6.07) is 8.89. The van der Waals surface area contributed by atoms with Gasteiger partial charge in [-0.05, 0) is 42.2 Å². The molecule has 3 aromatic rings. The lowest BCUT2D eigenvalue weighted by Crippen LogP contribution is -2.38. The number of anilines is 4. The van der Waals surface area contributed by atoms with Crippen LogP contribution < -0.4 is 26.2 Å². The Hall–Kier alpha value is -3.95. The van der Waals surface area contributed by atoms with Gasteiger partial charge in [0.2, 0.25) is 17.8 Å². The minimum absolute atomic E-state index is 0.00906. The number of rotatable bonds is 8. The van der Waals surface area contributed by atoms with E-state index in [0.717, 1.165) is 6.42 Å². The number of hydrogen-bond donors (Lipinski definition) is 4. The Morgan fingerprint density at radius 2 is 1.81 bits per heavy atom. The first-order valence-electron chi connectivity index (χ1n) is 10.9. The summed E-state index contributed by atoms with van der Waals surface area (Å²) in [5.74, 6) is 0.545. The predicted molar refractivity (Wildman–Crippen MR) is 141 cm³/mol. The van der Waals surface area contributed by atoms with Crippen molar-refractivity contribution in [3.63, 3.8) is 0 Å². The van der Waals surface area contributed by atoms with Gasteiger partial charge >= 0.3 is 6.03 Å². The molecule has 0 spiro atoms. The Morgan fingerprint density at radius 1 is 1.08 bits per heavy atom. The normalized spacial score (nSPS) is 13.1. The van der Waals surface area contributed by atoms with E-state index in [1.165, 1.54) is 29.1 Å². The lowest BCUT2D eigenvalue weighted by Gasteiger charge is -2.27. The number of hydrogen-bond acceptors (Lipinski definition) is 10. The Kier molecular flexibility index (Phi) is 8.48. The fourth-order valence-corrected chi connectivity index (χ4v) is 4.11. The van der Waals surface area contributed by atoms with Crippen molar-refractivity contribution in [2.24, 2.45) is 0 Å². The van der Waals surface area contributed by atoms with E-state index in [1.807, 2.05) is 16.3 Å². The first kappa shape index (κ1) is 25.2. The largest absolute Gasteiger partial charge is 0.378 e. The van der Waals surface area contributed by atoms with E-state index < -0.39 is 11.0 Å². The molecule has 0 aliphatic carbocycles. The third-order valence-corrected chi connectivity index (χ3v) is 6.12. The summed E-state index contributed by atoms with van der Waals surface area (Å²) in [7, 11) is 0. The summed E-state index contributed by atoms with van der Waals surface area (Å²) in [6.45, 7) is 2.86. The maximum absolute atomic E-state index is 12.5. The summed E-state index contributed by atoms with van der Waals surface area (Å²) in [6.07, 6.45) is 0.825. The van der Waals surface area contributed by atoms with Crippen molar-refractivity contribution in [1.82, 2.24) is 20.3 Å². The van der Waals surface area contributed by atoms with E-state index in [-0.39, 0.29) is 17.6 Å². The van der Waals surface area contributed by atoms with Gasteiger partial charge in [0.25, 0.3) is 5.69 Å². The third kappa shape index (κ3) is 7.27. The molecular weight excluding hydrogens is 506 g/mol. The minimum Gasteiger partial charge on any atom is -0.378 e. The Balaban J connectivity index is 1.42. The summed E-state index contributed by atoms with van der Waals surface area (Å²) < 4.78 is 5.39. The highest BCUT2D eigenvalue weighted by Gasteiger charge is 2.18. The van der Waals surface area contributed by atoms with Crippen LogP contribution in [0.2, 0.25) is 0 Å². The van der Waals surface area contributed by atoms with Crippen molar-refractivity contribution in [1.29, 1.82) is 0 Å². The number of nitrogens with one attached hydrogen (secondary N) is 4.